The van der Waals surface area contributed by atoms with Gasteiger partial charge in [0.2, 0.25) is 5.91 Å². The third-order valence-electron chi connectivity index (χ3n) is 2.41. The van der Waals surface area contributed by atoms with Crippen LogP contribution in [-0.4, -0.2) is 34.0 Å². The summed E-state index contributed by atoms with van der Waals surface area (Å²) in [4.78, 5) is 30.4. The van der Waals surface area contributed by atoms with Crippen LogP contribution in [0.5, 0.6) is 0 Å². The Bertz CT molecular complexity index is 435. The summed E-state index contributed by atoms with van der Waals surface area (Å²) in [5, 5.41) is 11.7. The summed E-state index contributed by atoms with van der Waals surface area (Å²) < 4.78 is 0. The molecule has 0 fully saturated rings. The lowest BCUT2D eigenvalue weighted by molar-refractivity contribution is -0.154. The second-order valence-corrected chi connectivity index (χ2v) is 4.11. The first-order valence-electron chi connectivity index (χ1n) is 4.82. The molecule has 0 aromatic carbocycles. The molecule has 0 bridgehead atoms. The number of nitrogens with one attached hydrogen (secondary N) is 1. The maximum atomic E-state index is 11.6. The lowest BCUT2D eigenvalue weighted by Crippen LogP contribution is -2.44. The Balaban J connectivity index is 2.99. The summed E-state index contributed by atoms with van der Waals surface area (Å²) >= 11 is 5.57. The highest BCUT2D eigenvalue weighted by molar-refractivity contribution is 6.29. The fourth-order valence-electron chi connectivity index (χ4n) is 1.32. The molecule has 0 aliphatic carbocycles. The van der Waals surface area contributed by atoms with E-state index < -0.39 is 17.3 Å². The molecule has 1 aromatic heterocycles. The molecule has 1 amide bonds. The predicted octanol–water partition coefficient (Wildman–Crippen LogP) is 0.509. The average Bonchev–Trinajstić information content (AvgIpc) is 2.30. The summed E-state index contributed by atoms with van der Waals surface area (Å²) in [6.45, 7) is 1.34. The van der Waals surface area contributed by atoms with E-state index in [9.17, 15) is 9.59 Å². The zero-order valence-electron chi connectivity index (χ0n) is 9.40. The third-order valence-corrected chi connectivity index (χ3v) is 2.60. The molecule has 1 unspecified atom stereocenters. The van der Waals surface area contributed by atoms with E-state index in [2.05, 4.69) is 15.3 Å². The Morgan fingerprint density at radius 2 is 2.12 bits per heavy atom. The molecule has 0 saturated heterocycles. The molecule has 1 atom stereocenters. The van der Waals surface area contributed by atoms with Crippen LogP contribution in [0.25, 0.3) is 0 Å². The van der Waals surface area contributed by atoms with Crippen molar-refractivity contribution in [3.8, 4) is 0 Å². The fourth-order valence-corrected chi connectivity index (χ4v) is 1.42. The monoisotopic (exact) mass is 257 g/mol. The minimum atomic E-state index is -1.57. The highest BCUT2D eigenvalue weighted by atomic mass is 35.5. The first-order chi connectivity index (χ1) is 7.90. The quantitative estimate of drug-likeness (QED) is 0.767. The van der Waals surface area contributed by atoms with Gasteiger partial charge in [-0.15, -0.1) is 0 Å². The van der Waals surface area contributed by atoms with Gasteiger partial charge in [0.15, 0.2) is 0 Å². The number of hydrogen-bond acceptors (Lipinski definition) is 4. The topological polar surface area (TPSA) is 92.2 Å². The molecule has 0 spiro atoms. The molecule has 0 aliphatic rings. The zero-order chi connectivity index (χ0) is 13.1. The number of carboxylic acid groups (broad SMARTS) is 1. The largest absolute Gasteiger partial charge is 0.480 e. The van der Waals surface area contributed by atoms with Crippen LogP contribution in [0.2, 0.25) is 5.15 Å². The van der Waals surface area contributed by atoms with Gasteiger partial charge in [-0.3, -0.25) is 14.6 Å². The highest BCUT2D eigenvalue weighted by Gasteiger charge is 2.41. The van der Waals surface area contributed by atoms with E-state index in [0.29, 0.717) is 5.69 Å². The third kappa shape index (κ3) is 2.91. The Morgan fingerprint density at radius 3 is 2.53 bits per heavy atom. The van der Waals surface area contributed by atoms with Gasteiger partial charge >= 0.3 is 5.97 Å². The van der Waals surface area contributed by atoms with Gasteiger partial charge in [-0.25, -0.2) is 4.98 Å². The normalized spacial score (nSPS) is 13.8. The van der Waals surface area contributed by atoms with E-state index >= 15 is 0 Å². The van der Waals surface area contributed by atoms with Gasteiger partial charge in [-0.1, -0.05) is 11.6 Å². The number of aliphatic carboxylic acids is 1. The minimum Gasteiger partial charge on any atom is -0.480 e. The van der Waals surface area contributed by atoms with E-state index in [4.69, 9.17) is 16.7 Å². The van der Waals surface area contributed by atoms with Crippen LogP contribution in [0.15, 0.2) is 12.4 Å². The molecule has 0 aliphatic heterocycles. The number of halogens is 1. The van der Waals surface area contributed by atoms with Gasteiger partial charge in [0, 0.05) is 13.5 Å². The Hall–Kier alpha value is -1.69. The number of carbonyl (C=O) groups is 2. The maximum absolute atomic E-state index is 11.6. The Labute approximate surface area is 103 Å². The van der Waals surface area contributed by atoms with Gasteiger partial charge in [0.25, 0.3) is 0 Å². The van der Waals surface area contributed by atoms with Crippen molar-refractivity contribution < 1.29 is 14.7 Å². The van der Waals surface area contributed by atoms with Crippen molar-refractivity contribution in [1.29, 1.82) is 0 Å². The maximum Gasteiger partial charge on any atom is 0.319 e. The molecular formula is C10H12ClN3O3. The molecule has 7 heteroatoms. The van der Waals surface area contributed by atoms with Crippen LogP contribution < -0.4 is 5.32 Å². The molecule has 92 valence electrons. The van der Waals surface area contributed by atoms with E-state index in [1.54, 1.807) is 0 Å². The molecule has 1 rings (SSSR count). The summed E-state index contributed by atoms with van der Waals surface area (Å²) in [6.07, 6.45) is 2.61. The number of nitrogens with zero attached hydrogens (tertiary/aromatic N) is 2. The average molecular weight is 258 g/mol. The van der Waals surface area contributed by atoms with Gasteiger partial charge in [-0.05, 0) is 6.92 Å². The van der Waals surface area contributed by atoms with Crippen molar-refractivity contribution in [2.45, 2.75) is 13.3 Å². The molecule has 1 aromatic rings. The van der Waals surface area contributed by atoms with Crippen molar-refractivity contribution in [2.75, 3.05) is 7.05 Å². The van der Waals surface area contributed by atoms with Crippen LogP contribution in [-0.2, 0) is 16.0 Å². The Morgan fingerprint density at radius 1 is 1.47 bits per heavy atom. The number of carboxylic acids is 1. The first-order valence-corrected chi connectivity index (χ1v) is 5.20. The van der Waals surface area contributed by atoms with Gasteiger partial charge in [0.1, 0.15) is 10.6 Å². The van der Waals surface area contributed by atoms with Crippen LogP contribution in [0.4, 0.5) is 0 Å². The summed E-state index contributed by atoms with van der Waals surface area (Å²) in [5.74, 6) is -1.80. The van der Waals surface area contributed by atoms with Crippen LogP contribution in [0, 0.1) is 5.41 Å². The first kappa shape index (κ1) is 13.4. The predicted molar refractivity (Wildman–Crippen MR) is 60.6 cm³/mol. The SMILES string of the molecule is CNC(=O)C(C)(Cc1cnc(Cl)cn1)C(=O)O. The van der Waals surface area contributed by atoms with Gasteiger partial charge in [-0.2, -0.15) is 0 Å². The second kappa shape index (κ2) is 5.09. The van der Waals surface area contributed by atoms with Crippen molar-refractivity contribution in [2.24, 2.45) is 5.41 Å². The van der Waals surface area contributed by atoms with Crippen LogP contribution >= 0.6 is 11.6 Å². The number of aromatic nitrogens is 2. The van der Waals surface area contributed by atoms with E-state index in [1.165, 1.54) is 26.4 Å². The highest BCUT2D eigenvalue weighted by Crippen LogP contribution is 2.22. The molecule has 0 saturated carbocycles. The van der Waals surface area contributed by atoms with Crippen molar-refractivity contribution in [3.05, 3.63) is 23.2 Å². The molecule has 1 heterocycles. The van der Waals surface area contributed by atoms with Crippen molar-refractivity contribution in [1.82, 2.24) is 15.3 Å². The molecule has 0 radical (unpaired) electrons. The van der Waals surface area contributed by atoms with Crippen molar-refractivity contribution in [3.63, 3.8) is 0 Å². The lowest BCUT2D eigenvalue weighted by atomic mass is 9.84. The number of hydrogen-bond donors (Lipinski definition) is 2. The standard InChI is InChI=1S/C10H12ClN3O3/c1-10(9(16)17,8(15)12-2)3-6-4-14-7(11)5-13-6/h4-5H,3H2,1-2H3,(H,12,15)(H,16,17). The number of rotatable bonds is 4. The Kier molecular flexibility index (Phi) is 4.01. The number of amides is 1. The molecule has 17 heavy (non-hydrogen) atoms. The smallest absolute Gasteiger partial charge is 0.319 e. The van der Waals surface area contributed by atoms with Gasteiger partial charge < -0.3 is 10.4 Å². The lowest BCUT2D eigenvalue weighted by Gasteiger charge is -2.22. The fraction of sp³-hybridized carbons (Fsp3) is 0.400. The van der Waals surface area contributed by atoms with E-state index in [0.717, 1.165) is 0 Å². The molecular weight excluding hydrogens is 246 g/mol. The molecule has 6 nitrogen and oxygen atoms in total. The van der Waals surface area contributed by atoms with Crippen LogP contribution in [0.1, 0.15) is 12.6 Å². The van der Waals surface area contributed by atoms with Crippen molar-refractivity contribution >= 4 is 23.5 Å². The zero-order valence-corrected chi connectivity index (χ0v) is 10.2. The summed E-state index contributed by atoms with van der Waals surface area (Å²) in [7, 11) is 1.39. The number of carbonyl (C=O) groups excluding carboxylic acids is 1. The second-order valence-electron chi connectivity index (χ2n) is 3.72. The van der Waals surface area contributed by atoms with E-state index in [-0.39, 0.29) is 11.6 Å². The minimum absolute atomic E-state index is 0.0494. The van der Waals surface area contributed by atoms with Crippen LogP contribution in [0.3, 0.4) is 0 Å². The van der Waals surface area contributed by atoms with Gasteiger partial charge in [0.05, 0.1) is 18.1 Å². The van der Waals surface area contributed by atoms with E-state index in [1.807, 2.05) is 0 Å². The summed E-state index contributed by atoms with van der Waals surface area (Å²) in [5.41, 5.74) is -1.18. The summed E-state index contributed by atoms with van der Waals surface area (Å²) in [6, 6.07) is 0. The molecule has 2 N–H and O–H groups in total.